The molecule has 0 bridgehead atoms. The molecule has 2 aliphatic rings. The second-order valence-corrected chi connectivity index (χ2v) is 6.86. The highest BCUT2D eigenvalue weighted by atomic mass is 32.2. The van der Waals surface area contributed by atoms with Crippen molar-refractivity contribution in [2.45, 2.75) is 19.0 Å². The van der Waals surface area contributed by atoms with E-state index in [4.69, 9.17) is 0 Å². The number of rotatable bonds is 1. The van der Waals surface area contributed by atoms with Gasteiger partial charge in [-0.1, -0.05) is 49.0 Å². The summed E-state index contributed by atoms with van der Waals surface area (Å²) in [4.78, 5) is 3.26. The second-order valence-electron chi connectivity index (χ2n) is 6.03. The van der Waals surface area contributed by atoms with Crippen molar-refractivity contribution >= 4 is 17.5 Å². The molecule has 2 radical (unpaired) electrons. The summed E-state index contributed by atoms with van der Waals surface area (Å²) in [6.45, 7) is 2.14. The van der Waals surface area contributed by atoms with Crippen molar-refractivity contribution in [3.8, 4) is 11.1 Å². The standard InChI is InChI=1S/C19H14F3NS/c1-11-16-14(12-6-8-13(9-7-12)19(20,21)22)4-3-5-15(16)17-18(11)24-10-23(17)2/h3-9,11H,1-2H3. The molecule has 1 aliphatic heterocycles. The highest BCUT2D eigenvalue weighted by molar-refractivity contribution is 8.05. The lowest BCUT2D eigenvalue weighted by atomic mass is 9.91. The van der Waals surface area contributed by atoms with Crippen molar-refractivity contribution in [2.24, 2.45) is 0 Å². The van der Waals surface area contributed by atoms with Crippen LogP contribution in [0.2, 0.25) is 0 Å². The Morgan fingerprint density at radius 3 is 2.38 bits per heavy atom. The summed E-state index contributed by atoms with van der Waals surface area (Å²) in [6.07, 6.45) is -4.31. The molecule has 0 aromatic heterocycles. The van der Waals surface area contributed by atoms with Gasteiger partial charge in [-0.2, -0.15) is 13.2 Å². The summed E-state index contributed by atoms with van der Waals surface area (Å²) in [6, 6.07) is 11.4. The van der Waals surface area contributed by atoms with Crippen LogP contribution in [0.3, 0.4) is 0 Å². The first-order chi connectivity index (χ1) is 11.4. The molecule has 24 heavy (non-hydrogen) atoms. The van der Waals surface area contributed by atoms with Gasteiger partial charge < -0.3 is 4.90 Å². The van der Waals surface area contributed by atoms with Crippen molar-refractivity contribution in [3.05, 3.63) is 69.9 Å². The number of alkyl halides is 3. The van der Waals surface area contributed by atoms with Gasteiger partial charge in [-0.05, 0) is 28.8 Å². The normalized spacial score (nSPS) is 19.7. The van der Waals surface area contributed by atoms with Crippen molar-refractivity contribution in [3.63, 3.8) is 0 Å². The van der Waals surface area contributed by atoms with Gasteiger partial charge in [0.1, 0.15) is 0 Å². The Kier molecular flexibility index (Phi) is 3.46. The van der Waals surface area contributed by atoms with Crippen LogP contribution in [0.1, 0.15) is 29.5 Å². The Hall–Kier alpha value is -1.88. The Morgan fingerprint density at radius 1 is 1.04 bits per heavy atom. The molecule has 1 nitrogen and oxygen atoms in total. The smallest absolute Gasteiger partial charge is 0.353 e. The zero-order chi connectivity index (χ0) is 17.1. The monoisotopic (exact) mass is 345 g/mol. The maximum atomic E-state index is 12.8. The number of benzene rings is 2. The molecule has 0 saturated heterocycles. The van der Waals surface area contributed by atoms with Crippen LogP contribution in [0.5, 0.6) is 0 Å². The van der Waals surface area contributed by atoms with Gasteiger partial charge in [-0.3, -0.25) is 0 Å². The molecule has 1 unspecified atom stereocenters. The Morgan fingerprint density at radius 2 is 1.71 bits per heavy atom. The van der Waals surface area contributed by atoms with E-state index in [0.29, 0.717) is 0 Å². The van der Waals surface area contributed by atoms with Gasteiger partial charge >= 0.3 is 6.18 Å². The van der Waals surface area contributed by atoms with Crippen molar-refractivity contribution in [1.29, 1.82) is 0 Å². The fraction of sp³-hybridized carbons (Fsp3) is 0.211. The van der Waals surface area contributed by atoms with Crippen LogP contribution in [-0.4, -0.2) is 11.9 Å². The summed E-state index contributed by atoms with van der Waals surface area (Å²) in [5.41, 5.74) is 4.69. The Balaban J connectivity index is 1.81. The zero-order valence-corrected chi connectivity index (χ0v) is 13.9. The quantitative estimate of drug-likeness (QED) is 0.639. The van der Waals surface area contributed by atoms with Crippen LogP contribution in [0.15, 0.2) is 47.4 Å². The van der Waals surface area contributed by atoms with E-state index < -0.39 is 11.7 Å². The highest BCUT2D eigenvalue weighted by Gasteiger charge is 2.37. The first-order valence-electron chi connectivity index (χ1n) is 7.59. The van der Waals surface area contributed by atoms with E-state index in [9.17, 15) is 13.2 Å². The Labute approximate surface area is 143 Å². The predicted octanol–water partition coefficient (Wildman–Crippen LogP) is 5.83. The SMILES string of the molecule is CC1C2=C(c3cccc(-c4ccc(C(F)(F)F)cc4)c31)N(C)[C]S2. The molecule has 2 aromatic carbocycles. The largest absolute Gasteiger partial charge is 0.416 e. The van der Waals surface area contributed by atoms with Gasteiger partial charge in [0.05, 0.1) is 11.3 Å². The first kappa shape index (κ1) is 15.6. The lowest BCUT2D eigenvalue weighted by Gasteiger charge is -2.18. The average molecular weight is 345 g/mol. The summed E-state index contributed by atoms with van der Waals surface area (Å²) in [7, 11) is 1.97. The van der Waals surface area contributed by atoms with Gasteiger partial charge in [0.25, 0.3) is 0 Å². The molecule has 122 valence electrons. The Bertz CT molecular complexity index is 837. The second kappa shape index (κ2) is 5.31. The molecule has 4 rings (SSSR count). The summed E-state index contributed by atoms with van der Waals surface area (Å²) in [5.74, 6) is 3.45. The van der Waals surface area contributed by atoms with Gasteiger partial charge in [-0.15, -0.1) is 0 Å². The van der Waals surface area contributed by atoms with Gasteiger partial charge in [-0.25, -0.2) is 0 Å². The number of fused-ring (bicyclic) bond motifs is 2. The zero-order valence-electron chi connectivity index (χ0n) is 13.1. The number of hydrogen-bond donors (Lipinski definition) is 0. The molecule has 0 fully saturated rings. The topological polar surface area (TPSA) is 3.24 Å². The van der Waals surface area contributed by atoms with Crippen molar-refractivity contribution < 1.29 is 13.2 Å². The van der Waals surface area contributed by atoms with Crippen LogP contribution in [0, 0.1) is 5.88 Å². The minimum atomic E-state index is -4.31. The third-order valence-corrected chi connectivity index (χ3v) is 5.70. The molecular weight excluding hydrogens is 331 g/mol. The van der Waals surface area contributed by atoms with Gasteiger partial charge in [0, 0.05) is 23.4 Å². The molecule has 0 amide bonds. The average Bonchev–Trinajstić information content (AvgIpc) is 3.07. The number of nitrogens with zero attached hydrogens (tertiary/aromatic N) is 1. The van der Waals surface area contributed by atoms with Crippen LogP contribution in [0.4, 0.5) is 13.2 Å². The van der Waals surface area contributed by atoms with E-state index in [1.54, 1.807) is 23.9 Å². The summed E-state index contributed by atoms with van der Waals surface area (Å²) < 4.78 is 38.3. The van der Waals surface area contributed by atoms with E-state index in [0.717, 1.165) is 34.5 Å². The van der Waals surface area contributed by atoms with Crippen molar-refractivity contribution in [2.75, 3.05) is 7.05 Å². The maximum absolute atomic E-state index is 12.8. The first-order valence-corrected chi connectivity index (χ1v) is 8.41. The lowest BCUT2D eigenvalue weighted by molar-refractivity contribution is -0.137. The fourth-order valence-electron chi connectivity index (χ4n) is 3.44. The van der Waals surface area contributed by atoms with Crippen molar-refractivity contribution in [1.82, 2.24) is 4.90 Å². The fourth-order valence-corrected chi connectivity index (χ4v) is 4.41. The number of thioether (sulfide) groups is 1. The molecule has 1 aliphatic carbocycles. The molecular formula is C19H14F3NS. The van der Waals surface area contributed by atoms with Gasteiger partial charge in [0.15, 0.2) is 5.88 Å². The summed E-state index contributed by atoms with van der Waals surface area (Å²) in [5, 5.41) is 0. The van der Waals surface area contributed by atoms with Crippen LogP contribution in [0.25, 0.3) is 16.8 Å². The van der Waals surface area contributed by atoms with E-state index in [2.05, 4.69) is 18.9 Å². The molecule has 2 aromatic rings. The highest BCUT2D eigenvalue weighted by Crippen LogP contribution is 2.55. The summed E-state index contributed by atoms with van der Waals surface area (Å²) >= 11 is 1.60. The van der Waals surface area contributed by atoms with E-state index in [1.165, 1.54) is 10.5 Å². The minimum Gasteiger partial charge on any atom is -0.353 e. The van der Waals surface area contributed by atoms with E-state index >= 15 is 0 Å². The van der Waals surface area contributed by atoms with Crippen LogP contribution in [-0.2, 0) is 6.18 Å². The maximum Gasteiger partial charge on any atom is 0.416 e. The van der Waals surface area contributed by atoms with E-state index in [1.807, 2.05) is 24.1 Å². The lowest BCUT2D eigenvalue weighted by Crippen LogP contribution is -2.07. The molecule has 1 heterocycles. The van der Waals surface area contributed by atoms with Crippen LogP contribution < -0.4 is 0 Å². The number of halogens is 3. The third-order valence-electron chi connectivity index (χ3n) is 4.57. The molecule has 0 saturated carbocycles. The van der Waals surface area contributed by atoms with Crippen LogP contribution >= 0.6 is 11.8 Å². The minimum absolute atomic E-state index is 0.218. The third kappa shape index (κ3) is 2.25. The van der Waals surface area contributed by atoms with E-state index in [-0.39, 0.29) is 5.92 Å². The number of allylic oxidation sites excluding steroid dienone is 1. The molecule has 0 N–H and O–H groups in total. The molecule has 1 atom stereocenters. The number of hydrogen-bond acceptors (Lipinski definition) is 2. The predicted molar refractivity (Wildman–Crippen MR) is 90.8 cm³/mol. The van der Waals surface area contributed by atoms with Gasteiger partial charge in [0.2, 0.25) is 0 Å². The molecule has 5 heteroatoms. The molecule has 0 spiro atoms.